The summed E-state index contributed by atoms with van der Waals surface area (Å²) in [6, 6.07) is 10.5. The van der Waals surface area contributed by atoms with Crippen molar-refractivity contribution in [2.75, 3.05) is 4.90 Å². The Morgan fingerprint density at radius 2 is 2.03 bits per heavy atom. The van der Waals surface area contributed by atoms with Crippen molar-refractivity contribution in [2.45, 2.75) is 39.5 Å². The number of nitrogens with two attached hydrogens (primary N) is 1. The molecule has 0 fully saturated rings. The third-order valence-corrected chi connectivity index (χ3v) is 7.84. The van der Waals surface area contributed by atoms with Gasteiger partial charge in [0.25, 0.3) is 0 Å². The van der Waals surface area contributed by atoms with Gasteiger partial charge < -0.3 is 5.73 Å². The minimum Gasteiger partial charge on any atom is -0.384 e. The summed E-state index contributed by atoms with van der Waals surface area (Å²) in [5.41, 5.74) is 7.99. The van der Waals surface area contributed by atoms with Crippen molar-refractivity contribution >= 4 is 38.7 Å². The van der Waals surface area contributed by atoms with E-state index in [0.717, 1.165) is 14.2 Å². The van der Waals surface area contributed by atoms with Gasteiger partial charge in [0.15, 0.2) is 5.78 Å². The van der Waals surface area contributed by atoms with Gasteiger partial charge in [0, 0.05) is 31.9 Å². The van der Waals surface area contributed by atoms with Crippen LogP contribution in [0.5, 0.6) is 0 Å². The molecule has 2 aromatic rings. The Hall–Kier alpha value is -2.43. The largest absolute Gasteiger partial charge is 0.384 e. The topological polar surface area (TPSA) is 70.1 Å². The molecule has 0 amide bonds. The molecule has 0 saturated heterocycles. The summed E-state index contributed by atoms with van der Waals surface area (Å²) in [6.45, 7) is 6.02. The quantitative estimate of drug-likeness (QED) is 0.574. The van der Waals surface area contributed by atoms with Crippen LogP contribution in [0.3, 0.4) is 0 Å². The Labute approximate surface area is 187 Å². The highest BCUT2D eigenvalue weighted by molar-refractivity contribution is 9.10. The number of hydrogen-bond donors (Lipinski definition) is 1. The van der Waals surface area contributed by atoms with Crippen LogP contribution in [0.2, 0.25) is 0 Å². The smallest absolute Gasteiger partial charge is 0.162 e. The molecule has 1 aliphatic carbocycles. The van der Waals surface area contributed by atoms with E-state index in [1.165, 1.54) is 17.4 Å². The highest BCUT2D eigenvalue weighted by Crippen LogP contribution is 2.51. The summed E-state index contributed by atoms with van der Waals surface area (Å²) in [5.74, 6) is -0.825. The Morgan fingerprint density at radius 3 is 2.63 bits per heavy atom. The Bertz CT molecular complexity index is 1150. The number of anilines is 1. The number of aryl methyl sites for hydroxylation is 1. The fraction of sp³-hybridized carbons (Fsp3) is 0.304. The average Bonchev–Trinajstić information content (AvgIpc) is 2.99. The predicted octanol–water partition coefficient (Wildman–Crippen LogP) is 5.90. The monoisotopic (exact) mass is 485 g/mol. The first kappa shape index (κ1) is 20.8. The summed E-state index contributed by atoms with van der Waals surface area (Å²) in [7, 11) is 0. The van der Waals surface area contributed by atoms with Crippen molar-refractivity contribution in [3.8, 4) is 6.07 Å². The zero-order valence-corrected chi connectivity index (χ0v) is 19.3. The van der Waals surface area contributed by atoms with Crippen LogP contribution < -0.4 is 10.6 Å². The van der Waals surface area contributed by atoms with Crippen molar-refractivity contribution in [1.29, 1.82) is 5.26 Å². The lowest BCUT2D eigenvalue weighted by Gasteiger charge is -2.43. The van der Waals surface area contributed by atoms with Crippen LogP contribution in [-0.4, -0.2) is 5.78 Å². The lowest BCUT2D eigenvalue weighted by Crippen LogP contribution is -2.42. The second kappa shape index (κ2) is 7.36. The maximum Gasteiger partial charge on any atom is 0.162 e. The molecular formula is C23H21BrFN3OS. The van der Waals surface area contributed by atoms with Crippen molar-refractivity contribution in [3.05, 3.63) is 73.0 Å². The minimum atomic E-state index is -0.536. The summed E-state index contributed by atoms with van der Waals surface area (Å²) < 4.78 is 15.7. The fourth-order valence-electron chi connectivity index (χ4n) is 4.33. The van der Waals surface area contributed by atoms with Gasteiger partial charge in [-0.3, -0.25) is 9.69 Å². The molecule has 30 heavy (non-hydrogen) atoms. The number of hydrogen-bond acceptors (Lipinski definition) is 5. The lowest BCUT2D eigenvalue weighted by molar-refractivity contribution is -0.118. The number of thiophene rings is 1. The predicted molar refractivity (Wildman–Crippen MR) is 120 cm³/mol. The Balaban J connectivity index is 2.03. The summed E-state index contributed by atoms with van der Waals surface area (Å²) in [6.07, 6.45) is 0.932. The molecule has 1 aliphatic heterocycles. The van der Waals surface area contributed by atoms with E-state index in [9.17, 15) is 14.4 Å². The molecule has 1 unspecified atom stereocenters. The molecule has 0 saturated carbocycles. The number of benzene rings is 1. The van der Waals surface area contributed by atoms with Crippen LogP contribution in [0, 0.1) is 29.5 Å². The Morgan fingerprint density at radius 1 is 1.33 bits per heavy atom. The number of allylic oxidation sites excluding steroid dienone is 3. The number of carbonyl (C=O) groups excluding carboxylic acids is 1. The standard InChI is InChI=1S/C23H21BrFN3OS/c1-12-14(24)8-19(30-12)20-13(11-26)22(27)28(16-7-5-4-6-15(16)25)17-9-23(2,3)10-18(29)21(17)20/h4-8,20H,9-10,27H2,1-3H3. The van der Waals surface area contributed by atoms with Gasteiger partial charge in [0.05, 0.1) is 23.2 Å². The number of halogens is 2. The minimum absolute atomic E-state index is 0.0185. The number of nitriles is 1. The number of rotatable bonds is 2. The van der Waals surface area contributed by atoms with Gasteiger partial charge in [-0.05, 0) is 52.9 Å². The molecule has 4 rings (SSSR count). The molecule has 1 aromatic heterocycles. The van der Waals surface area contributed by atoms with Crippen LogP contribution in [0.4, 0.5) is 10.1 Å². The van der Waals surface area contributed by atoms with Gasteiger partial charge in [-0.1, -0.05) is 26.0 Å². The molecule has 0 radical (unpaired) electrons. The van der Waals surface area contributed by atoms with Gasteiger partial charge in [-0.15, -0.1) is 11.3 Å². The Kier molecular flexibility index (Phi) is 5.11. The number of carbonyl (C=O) groups is 1. The molecule has 7 heteroatoms. The van der Waals surface area contributed by atoms with E-state index in [0.29, 0.717) is 24.1 Å². The van der Waals surface area contributed by atoms with Crippen LogP contribution >= 0.6 is 27.3 Å². The van der Waals surface area contributed by atoms with Crippen molar-refractivity contribution in [2.24, 2.45) is 11.1 Å². The van der Waals surface area contributed by atoms with Crippen molar-refractivity contribution < 1.29 is 9.18 Å². The van der Waals surface area contributed by atoms with E-state index in [-0.39, 0.29) is 28.3 Å². The molecule has 2 aliphatic rings. The van der Waals surface area contributed by atoms with Crippen LogP contribution in [0.1, 0.15) is 42.4 Å². The normalized spacial score (nSPS) is 21.0. The lowest BCUT2D eigenvalue weighted by atomic mass is 9.69. The van der Waals surface area contributed by atoms with E-state index in [1.54, 1.807) is 23.1 Å². The molecule has 0 bridgehead atoms. The number of para-hydroxylation sites is 1. The molecule has 2 N–H and O–H groups in total. The first-order valence-corrected chi connectivity index (χ1v) is 11.2. The second-order valence-electron chi connectivity index (χ2n) is 8.48. The second-order valence-corrected chi connectivity index (χ2v) is 10.6. The fourth-order valence-corrected chi connectivity index (χ4v) is 6.01. The van der Waals surface area contributed by atoms with E-state index >= 15 is 0 Å². The van der Waals surface area contributed by atoms with Gasteiger partial charge in [-0.25, -0.2) is 4.39 Å². The SMILES string of the molecule is Cc1sc(C2C(C#N)=C(N)N(c3ccccc3F)C3=C2C(=O)CC(C)(C)C3)cc1Br. The van der Waals surface area contributed by atoms with E-state index in [2.05, 4.69) is 22.0 Å². The molecule has 1 aromatic carbocycles. The third kappa shape index (κ3) is 3.28. The van der Waals surface area contributed by atoms with Crippen LogP contribution in [0.25, 0.3) is 0 Å². The van der Waals surface area contributed by atoms with Crippen LogP contribution in [-0.2, 0) is 4.79 Å². The van der Waals surface area contributed by atoms with Crippen molar-refractivity contribution in [3.63, 3.8) is 0 Å². The van der Waals surface area contributed by atoms with Gasteiger partial charge in [0.2, 0.25) is 0 Å². The molecule has 154 valence electrons. The number of Topliss-reactive ketones (excluding diaryl/α,β-unsaturated/α-hetero) is 1. The molecule has 4 nitrogen and oxygen atoms in total. The van der Waals surface area contributed by atoms with E-state index < -0.39 is 11.7 Å². The summed E-state index contributed by atoms with van der Waals surface area (Å²) in [4.78, 5) is 16.9. The molecular weight excluding hydrogens is 465 g/mol. The zero-order chi connectivity index (χ0) is 21.8. The highest BCUT2D eigenvalue weighted by Gasteiger charge is 2.45. The molecule has 2 heterocycles. The van der Waals surface area contributed by atoms with Crippen molar-refractivity contribution in [1.82, 2.24) is 0 Å². The number of ketones is 1. The van der Waals surface area contributed by atoms with E-state index in [4.69, 9.17) is 5.73 Å². The number of nitrogens with zero attached hydrogens (tertiary/aromatic N) is 2. The maximum atomic E-state index is 14.8. The van der Waals surface area contributed by atoms with E-state index in [1.807, 2.05) is 26.8 Å². The summed E-state index contributed by atoms with van der Waals surface area (Å²) >= 11 is 5.07. The third-order valence-electron chi connectivity index (χ3n) is 5.64. The van der Waals surface area contributed by atoms with Gasteiger partial charge >= 0.3 is 0 Å². The highest BCUT2D eigenvalue weighted by atomic mass is 79.9. The molecule has 0 spiro atoms. The van der Waals surface area contributed by atoms with Gasteiger partial charge in [0.1, 0.15) is 11.6 Å². The first-order valence-electron chi connectivity index (χ1n) is 9.61. The van der Waals surface area contributed by atoms with Crippen LogP contribution in [0.15, 0.2) is 57.5 Å². The maximum absolute atomic E-state index is 14.8. The zero-order valence-electron chi connectivity index (χ0n) is 16.9. The molecule has 1 atom stereocenters. The average molecular weight is 486 g/mol. The summed E-state index contributed by atoms with van der Waals surface area (Å²) in [5, 5.41) is 10.0. The first-order chi connectivity index (χ1) is 14.1. The van der Waals surface area contributed by atoms with Gasteiger partial charge in [-0.2, -0.15) is 5.26 Å².